The van der Waals surface area contributed by atoms with Crippen LogP contribution in [-0.2, 0) is 6.42 Å². The number of carbonyl (C=O) groups is 1. The topological polar surface area (TPSA) is 58.6 Å². The average molecular weight is 437 g/mol. The molecule has 2 N–H and O–H groups in total. The maximum Gasteiger partial charge on any atom is 0.259 e. The fraction of sp³-hybridized carbons (Fsp3) is 0.0952. The molecule has 0 aliphatic rings. The molecule has 0 radical (unpaired) electrons. The molecule has 3 aromatic carbocycles. The van der Waals surface area contributed by atoms with Gasteiger partial charge in [0.05, 0.1) is 17.9 Å². The minimum absolute atomic E-state index is 0.0644. The quantitative estimate of drug-likeness (QED) is 0.482. The summed E-state index contributed by atoms with van der Waals surface area (Å²) in [5, 5.41) is 14.1. The molecule has 3 rings (SSSR count). The van der Waals surface area contributed by atoms with Crippen LogP contribution < -0.4 is 10.1 Å². The summed E-state index contributed by atoms with van der Waals surface area (Å²) in [5.41, 5.74) is 1.57. The molecular weight excluding hydrogens is 421 g/mol. The summed E-state index contributed by atoms with van der Waals surface area (Å²) < 4.78 is 5.82. The number of halogens is 3. The van der Waals surface area contributed by atoms with Crippen LogP contribution in [0.25, 0.3) is 0 Å². The number of rotatable bonds is 6. The van der Waals surface area contributed by atoms with Crippen LogP contribution >= 0.6 is 34.8 Å². The lowest BCUT2D eigenvalue weighted by Gasteiger charge is -2.14. The summed E-state index contributed by atoms with van der Waals surface area (Å²) >= 11 is 17.9. The van der Waals surface area contributed by atoms with Crippen molar-refractivity contribution in [1.82, 2.24) is 0 Å². The maximum atomic E-state index is 12.5. The number of benzene rings is 3. The number of hydrogen-bond donors (Lipinski definition) is 2. The van der Waals surface area contributed by atoms with Gasteiger partial charge >= 0.3 is 0 Å². The van der Waals surface area contributed by atoms with E-state index in [1.165, 1.54) is 18.2 Å². The average Bonchev–Trinajstić information content (AvgIpc) is 2.67. The van der Waals surface area contributed by atoms with Crippen LogP contribution in [0.4, 0.5) is 5.69 Å². The van der Waals surface area contributed by atoms with Crippen LogP contribution in [0.15, 0.2) is 60.7 Å². The van der Waals surface area contributed by atoms with Crippen LogP contribution in [0, 0.1) is 0 Å². The van der Waals surface area contributed by atoms with Gasteiger partial charge in [-0.25, -0.2) is 0 Å². The third kappa shape index (κ3) is 5.32. The Kier molecular flexibility index (Phi) is 6.68. The highest BCUT2D eigenvalue weighted by atomic mass is 35.5. The molecule has 3 aromatic rings. The molecule has 4 nitrogen and oxygen atoms in total. The lowest BCUT2D eigenvalue weighted by Crippen LogP contribution is -2.13. The van der Waals surface area contributed by atoms with Crippen molar-refractivity contribution in [2.24, 2.45) is 0 Å². The van der Waals surface area contributed by atoms with Crippen LogP contribution in [-0.4, -0.2) is 17.6 Å². The van der Waals surface area contributed by atoms with Gasteiger partial charge in [-0.15, -0.1) is 0 Å². The molecule has 0 saturated heterocycles. The van der Waals surface area contributed by atoms with E-state index < -0.39 is 5.91 Å². The molecule has 0 atom stereocenters. The molecule has 0 aliphatic carbocycles. The number of aromatic hydroxyl groups is 1. The van der Waals surface area contributed by atoms with Gasteiger partial charge in [-0.2, -0.15) is 0 Å². The second-order valence-electron chi connectivity index (χ2n) is 5.98. The summed E-state index contributed by atoms with van der Waals surface area (Å²) in [4.78, 5) is 12.5. The zero-order valence-corrected chi connectivity index (χ0v) is 16.9. The second kappa shape index (κ2) is 9.20. The number of carbonyl (C=O) groups excluding carboxylic acids is 1. The van der Waals surface area contributed by atoms with Crippen LogP contribution in [0.5, 0.6) is 11.5 Å². The van der Waals surface area contributed by atoms with Crippen LogP contribution in [0.3, 0.4) is 0 Å². The Hall–Kier alpha value is -2.40. The molecule has 0 bridgehead atoms. The molecule has 1 amide bonds. The van der Waals surface area contributed by atoms with Gasteiger partial charge in [0.25, 0.3) is 5.91 Å². The predicted molar refractivity (Wildman–Crippen MR) is 113 cm³/mol. The van der Waals surface area contributed by atoms with E-state index in [0.29, 0.717) is 39.5 Å². The van der Waals surface area contributed by atoms with Gasteiger partial charge in [-0.05, 0) is 48.0 Å². The Morgan fingerprint density at radius 3 is 2.29 bits per heavy atom. The van der Waals surface area contributed by atoms with Crippen molar-refractivity contribution in [1.29, 1.82) is 0 Å². The Morgan fingerprint density at radius 2 is 1.54 bits per heavy atom. The highest BCUT2D eigenvalue weighted by molar-refractivity contribution is 6.31. The van der Waals surface area contributed by atoms with Crippen molar-refractivity contribution in [2.75, 3.05) is 11.9 Å². The van der Waals surface area contributed by atoms with E-state index in [-0.39, 0.29) is 11.3 Å². The third-order valence-corrected chi connectivity index (χ3v) is 4.68. The van der Waals surface area contributed by atoms with E-state index in [1.54, 1.807) is 18.2 Å². The van der Waals surface area contributed by atoms with E-state index in [9.17, 15) is 9.90 Å². The molecule has 0 spiro atoms. The van der Waals surface area contributed by atoms with Gasteiger partial charge in [0.1, 0.15) is 11.5 Å². The van der Waals surface area contributed by atoms with Gasteiger partial charge in [0.15, 0.2) is 0 Å². The first kappa shape index (κ1) is 20.3. The Labute approximate surface area is 177 Å². The SMILES string of the molecule is O=C(Nc1ccc(Cl)cc1OCCc1ccc(Cl)cc1)c1cc(Cl)ccc1O. The number of phenols is 1. The van der Waals surface area contributed by atoms with Gasteiger partial charge in [0.2, 0.25) is 0 Å². The number of anilines is 1. The predicted octanol–water partition coefficient (Wildman–Crippen LogP) is 6.23. The van der Waals surface area contributed by atoms with E-state index in [0.717, 1.165) is 5.56 Å². The summed E-state index contributed by atoms with van der Waals surface area (Å²) in [6, 6.07) is 16.6. The minimum Gasteiger partial charge on any atom is -0.507 e. The highest BCUT2D eigenvalue weighted by Crippen LogP contribution is 2.30. The highest BCUT2D eigenvalue weighted by Gasteiger charge is 2.15. The molecule has 0 aliphatic heterocycles. The zero-order chi connectivity index (χ0) is 20.1. The summed E-state index contributed by atoms with van der Waals surface area (Å²) in [7, 11) is 0. The first-order valence-electron chi connectivity index (χ1n) is 8.39. The number of nitrogens with one attached hydrogen (secondary N) is 1. The maximum absolute atomic E-state index is 12.5. The van der Waals surface area contributed by atoms with Gasteiger partial charge in [-0.1, -0.05) is 46.9 Å². The summed E-state index contributed by atoms with van der Waals surface area (Å²) in [5.74, 6) is -0.248. The van der Waals surface area contributed by atoms with Crippen LogP contribution in [0.1, 0.15) is 15.9 Å². The summed E-state index contributed by atoms with van der Waals surface area (Å²) in [6.45, 7) is 0.382. The fourth-order valence-corrected chi connectivity index (χ4v) is 2.99. The van der Waals surface area contributed by atoms with Crippen molar-refractivity contribution in [3.05, 3.63) is 86.9 Å². The van der Waals surface area contributed by atoms with E-state index >= 15 is 0 Å². The molecule has 0 saturated carbocycles. The van der Waals surface area contributed by atoms with Crippen molar-refractivity contribution < 1.29 is 14.6 Å². The molecule has 7 heteroatoms. The van der Waals surface area contributed by atoms with E-state index in [2.05, 4.69) is 5.32 Å². The first-order valence-corrected chi connectivity index (χ1v) is 9.52. The molecule has 0 heterocycles. The Balaban J connectivity index is 1.72. The zero-order valence-electron chi connectivity index (χ0n) is 14.6. The lowest BCUT2D eigenvalue weighted by atomic mass is 10.1. The van der Waals surface area contributed by atoms with Gasteiger partial charge in [0, 0.05) is 27.6 Å². The largest absolute Gasteiger partial charge is 0.507 e. The molecule has 0 aromatic heterocycles. The molecular formula is C21H16Cl3NO3. The number of phenolic OH excluding ortho intramolecular Hbond substituents is 1. The second-order valence-corrected chi connectivity index (χ2v) is 7.29. The van der Waals surface area contributed by atoms with Crippen molar-refractivity contribution in [3.63, 3.8) is 0 Å². The van der Waals surface area contributed by atoms with E-state index in [4.69, 9.17) is 39.5 Å². The number of hydrogen-bond acceptors (Lipinski definition) is 3. The molecule has 144 valence electrons. The first-order chi connectivity index (χ1) is 13.4. The van der Waals surface area contributed by atoms with Gasteiger partial charge < -0.3 is 15.2 Å². The molecule has 28 heavy (non-hydrogen) atoms. The van der Waals surface area contributed by atoms with Crippen LogP contribution in [0.2, 0.25) is 15.1 Å². The number of ether oxygens (including phenoxy) is 1. The summed E-state index contributed by atoms with van der Waals surface area (Å²) in [6.07, 6.45) is 0.659. The third-order valence-electron chi connectivity index (χ3n) is 3.96. The fourth-order valence-electron chi connectivity index (χ4n) is 2.53. The Morgan fingerprint density at radius 1 is 0.893 bits per heavy atom. The smallest absolute Gasteiger partial charge is 0.259 e. The van der Waals surface area contributed by atoms with Crippen molar-refractivity contribution in [2.45, 2.75) is 6.42 Å². The normalized spacial score (nSPS) is 10.5. The Bertz CT molecular complexity index is 991. The van der Waals surface area contributed by atoms with Crippen molar-refractivity contribution in [3.8, 4) is 11.5 Å². The van der Waals surface area contributed by atoms with Crippen molar-refractivity contribution >= 4 is 46.4 Å². The minimum atomic E-state index is -0.509. The van der Waals surface area contributed by atoms with Gasteiger partial charge in [-0.3, -0.25) is 4.79 Å². The monoisotopic (exact) mass is 435 g/mol. The number of amides is 1. The molecule has 0 unspecified atom stereocenters. The lowest BCUT2D eigenvalue weighted by molar-refractivity contribution is 0.102. The van der Waals surface area contributed by atoms with E-state index in [1.807, 2.05) is 24.3 Å². The standard InChI is InChI=1S/C21H16Cl3NO3/c22-14-3-1-13(2-4-14)9-10-28-20-12-16(24)5-7-18(20)25-21(27)17-11-15(23)6-8-19(17)26/h1-8,11-12,26H,9-10H2,(H,25,27). The molecule has 0 fully saturated rings.